The molecule has 0 atom stereocenters. The summed E-state index contributed by atoms with van der Waals surface area (Å²) in [6, 6.07) is 20.1. The largest absolute Gasteiger partial charge is 0.489 e. The Labute approximate surface area is 162 Å². The molecule has 3 aromatic carbocycles. The molecule has 0 fully saturated rings. The zero-order valence-corrected chi connectivity index (χ0v) is 15.8. The Morgan fingerprint density at radius 3 is 2.15 bits per heavy atom. The van der Waals surface area contributed by atoms with Crippen LogP contribution in [0.2, 0.25) is 10.0 Å². The third-order valence-electron chi connectivity index (χ3n) is 3.44. The summed E-state index contributed by atoms with van der Waals surface area (Å²) >= 11 is 11.8. The quantitative estimate of drug-likeness (QED) is 0.516. The van der Waals surface area contributed by atoms with E-state index in [1.807, 2.05) is 30.3 Å². The number of hydrogen-bond donors (Lipinski definition) is 0. The number of benzene rings is 3. The first-order chi connectivity index (χ1) is 12.4. The number of halogens is 2. The number of ether oxygens (including phenoxy) is 1. The highest BCUT2D eigenvalue weighted by Crippen LogP contribution is 2.28. The van der Waals surface area contributed by atoms with Crippen molar-refractivity contribution in [1.29, 1.82) is 0 Å². The highest BCUT2D eigenvalue weighted by Gasteiger charge is 2.21. The molecule has 0 N–H and O–H groups in total. The van der Waals surface area contributed by atoms with Crippen LogP contribution in [0.5, 0.6) is 11.5 Å². The zero-order valence-electron chi connectivity index (χ0n) is 13.4. The molecule has 0 saturated carbocycles. The first-order valence-electron chi connectivity index (χ1n) is 7.60. The molecule has 26 heavy (non-hydrogen) atoms. The van der Waals surface area contributed by atoms with E-state index < -0.39 is 10.1 Å². The fourth-order valence-electron chi connectivity index (χ4n) is 2.17. The molecule has 3 aromatic rings. The van der Waals surface area contributed by atoms with Crippen LogP contribution in [0, 0.1) is 0 Å². The number of rotatable bonds is 6. The summed E-state index contributed by atoms with van der Waals surface area (Å²) in [6.07, 6.45) is 0. The molecule has 0 heterocycles. The first-order valence-corrected chi connectivity index (χ1v) is 9.77. The molecule has 0 amide bonds. The minimum absolute atomic E-state index is 0.0391. The summed E-state index contributed by atoms with van der Waals surface area (Å²) in [6.45, 7) is 0.414. The van der Waals surface area contributed by atoms with Gasteiger partial charge in [-0.25, -0.2) is 0 Å². The molecule has 4 nitrogen and oxygen atoms in total. The summed E-state index contributed by atoms with van der Waals surface area (Å²) < 4.78 is 35.5. The first kappa shape index (κ1) is 18.6. The molecule has 0 aliphatic carbocycles. The maximum Gasteiger partial charge on any atom is 0.340 e. The average Bonchev–Trinajstić information content (AvgIpc) is 2.64. The third kappa shape index (κ3) is 4.69. The van der Waals surface area contributed by atoms with Crippen LogP contribution in [0.25, 0.3) is 0 Å². The van der Waals surface area contributed by atoms with Crippen molar-refractivity contribution >= 4 is 33.3 Å². The lowest BCUT2D eigenvalue weighted by molar-refractivity contribution is 0.306. The van der Waals surface area contributed by atoms with E-state index in [0.29, 0.717) is 12.4 Å². The summed E-state index contributed by atoms with van der Waals surface area (Å²) in [5.41, 5.74) is 1.03. The van der Waals surface area contributed by atoms with Crippen molar-refractivity contribution in [1.82, 2.24) is 0 Å². The highest BCUT2D eigenvalue weighted by molar-refractivity contribution is 7.87. The van der Waals surface area contributed by atoms with Gasteiger partial charge in [-0.3, -0.25) is 0 Å². The molecule has 0 radical (unpaired) electrons. The maximum atomic E-state index is 12.4. The molecule has 0 saturated heterocycles. The second kappa shape index (κ2) is 7.99. The Balaban J connectivity index is 1.69. The molecule has 0 bridgehead atoms. The molecule has 0 unspecified atom stereocenters. The summed E-state index contributed by atoms with van der Waals surface area (Å²) in [5.74, 6) is 0.743. The van der Waals surface area contributed by atoms with E-state index in [0.717, 1.165) is 5.56 Å². The minimum atomic E-state index is -4.09. The van der Waals surface area contributed by atoms with Gasteiger partial charge in [0.1, 0.15) is 23.0 Å². The summed E-state index contributed by atoms with van der Waals surface area (Å²) in [5, 5.41) is 0.290. The van der Waals surface area contributed by atoms with Gasteiger partial charge in [0, 0.05) is 5.02 Å². The Morgan fingerprint density at radius 1 is 0.808 bits per heavy atom. The van der Waals surface area contributed by atoms with Gasteiger partial charge in [-0.15, -0.1) is 0 Å². The lowest BCUT2D eigenvalue weighted by Gasteiger charge is -2.10. The van der Waals surface area contributed by atoms with Gasteiger partial charge in [-0.2, -0.15) is 8.42 Å². The molecule has 134 valence electrons. The molecule has 0 aliphatic heterocycles. The van der Waals surface area contributed by atoms with Crippen molar-refractivity contribution in [2.75, 3.05) is 0 Å². The Kier molecular flexibility index (Phi) is 5.71. The Hall–Kier alpha value is -2.21. The van der Waals surface area contributed by atoms with E-state index in [-0.39, 0.29) is 20.7 Å². The van der Waals surface area contributed by atoms with Gasteiger partial charge in [-0.05, 0) is 48.0 Å². The fourth-order valence-corrected chi connectivity index (χ4v) is 3.84. The van der Waals surface area contributed by atoms with Gasteiger partial charge in [0.2, 0.25) is 0 Å². The monoisotopic (exact) mass is 408 g/mol. The highest BCUT2D eigenvalue weighted by atomic mass is 35.5. The molecule has 0 aliphatic rings. The van der Waals surface area contributed by atoms with Crippen LogP contribution in [0.1, 0.15) is 5.56 Å². The number of hydrogen-bond acceptors (Lipinski definition) is 4. The maximum absolute atomic E-state index is 12.4. The lowest BCUT2D eigenvalue weighted by Crippen LogP contribution is -2.10. The van der Waals surface area contributed by atoms with Crippen molar-refractivity contribution < 1.29 is 17.3 Å². The van der Waals surface area contributed by atoms with Gasteiger partial charge in [-0.1, -0.05) is 53.5 Å². The van der Waals surface area contributed by atoms with Gasteiger partial charge in [0.15, 0.2) is 0 Å². The van der Waals surface area contributed by atoms with Crippen molar-refractivity contribution in [3.8, 4) is 11.5 Å². The van der Waals surface area contributed by atoms with Crippen LogP contribution in [0.3, 0.4) is 0 Å². The van der Waals surface area contributed by atoms with Gasteiger partial charge >= 0.3 is 10.1 Å². The molecular formula is C19H14Cl2O4S. The van der Waals surface area contributed by atoms with Crippen molar-refractivity contribution in [3.63, 3.8) is 0 Å². The normalized spacial score (nSPS) is 11.2. The van der Waals surface area contributed by atoms with Crippen molar-refractivity contribution in [2.24, 2.45) is 0 Å². The molecule has 0 spiro atoms. The van der Waals surface area contributed by atoms with Crippen LogP contribution in [0.4, 0.5) is 0 Å². The van der Waals surface area contributed by atoms with Crippen molar-refractivity contribution in [2.45, 2.75) is 11.5 Å². The van der Waals surface area contributed by atoms with Gasteiger partial charge in [0.25, 0.3) is 0 Å². The van der Waals surface area contributed by atoms with Crippen LogP contribution in [0.15, 0.2) is 77.7 Å². The lowest BCUT2D eigenvalue weighted by atomic mass is 10.2. The second-order valence-electron chi connectivity index (χ2n) is 5.36. The fraction of sp³-hybridized carbons (Fsp3) is 0.0526. The van der Waals surface area contributed by atoms with E-state index in [9.17, 15) is 8.42 Å². The van der Waals surface area contributed by atoms with Crippen LogP contribution in [-0.4, -0.2) is 8.42 Å². The van der Waals surface area contributed by atoms with E-state index in [1.54, 1.807) is 12.1 Å². The third-order valence-corrected chi connectivity index (χ3v) is 5.41. The summed E-state index contributed by atoms with van der Waals surface area (Å²) in [7, 11) is -4.09. The second-order valence-corrected chi connectivity index (χ2v) is 7.72. The van der Waals surface area contributed by atoms with E-state index in [2.05, 4.69) is 0 Å². The Morgan fingerprint density at radius 2 is 1.46 bits per heavy atom. The van der Waals surface area contributed by atoms with Crippen LogP contribution >= 0.6 is 23.2 Å². The Bertz CT molecular complexity index is 988. The van der Waals surface area contributed by atoms with Gasteiger partial charge < -0.3 is 8.92 Å². The molecule has 7 heteroatoms. The van der Waals surface area contributed by atoms with Crippen LogP contribution in [-0.2, 0) is 16.7 Å². The van der Waals surface area contributed by atoms with Gasteiger partial charge in [0.05, 0.1) is 5.02 Å². The SMILES string of the molecule is O=S(=O)(Oc1ccc(OCc2ccccc2)cc1)c1cc(Cl)ccc1Cl. The average molecular weight is 409 g/mol. The topological polar surface area (TPSA) is 52.6 Å². The summed E-state index contributed by atoms with van der Waals surface area (Å²) in [4.78, 5) is -0.184. The predicted molar refractivity (Wildman–Crippen MR) is 101 cm³/mol. The van der Waals surface area contributed by atoms with E-state index >= 15 is 0 Å². The van der Waals surface area contributed by atoms with E-state index in [4.69, 9.17) is 32.1 Å². The van der Waals surface area contributed by atoms with Crippen LogP contribution < -0.4 is 8.92 Å². The predicted octanol–water partition coefficient (Wildman–Crippen LogP) is 5.34. The smallest absolute Gasteiger partial charge is 0.340 e. The molecule has 0 aromatic heterocycles. The van der Waals surface area contributed by atoms with Crippen molar-refractivity contribution in [3.05, 3.63) is 88.4 Å². The molecule has 3 rings (SSSR count). The standard InChI is InChI=1S/C19H14Cl2O4S/c20-15-6-11-18(21)19(12-15)26(22,23)25-17-9-7-16(8-10-17)24-13-14-4-2-1-3-5-14/h1-12H,13H2. The van der Waals surface area contributed by atoms with E-state index in [1.165, 1.54) is 30.3 Å². The zero-order chi connectivity index (χ0) is 18.6. The minimum Gasteiger partial charge on any atom is -0.489 e. The molecular weight excluding hydrogens is 395 g/mol.